The quantitative estimate of drug-likeness (QED) is 0.709. The van der Waals surface area contributed by atoms with Gasteiger partial charge in [0.15, 0.2) is 0 Å². The van der Waals surface area contributed by atoms with Gasteiger partial charge in [-0.3, -0.25) is 4.79 Å². The maximum Gasteiger partial charge on any atom is 0.239 e. The van der Waals surface area contributed by atoms with Crippen LogP contribution in [0.25, 0.3) is 0 Å². The van der Waals surface area contributed by atoms with Gasteiger partial charge in [-0.2, -0.15) is 0 Å². The number of piperidine rings is 1. The Morgan fingerprint density at radius 1 is 1.62 bits per heavy atom. The van der Waals surface area contributed by atoms with E-state index >= 15 is 0 Å². The smallest absolute Gasteiger partial charge is 0.239 e. The van der Waals surface area contributed by atoms with Crippen LogP contribution in [0.1, 0.15) is 33.6 Å². The lowest BCUT2D eigenvalue weighted by atomic mass is 10.0. The average Bonchev–Trinajstić information content (AvgIpc) is 2.08. The van der Waals surface area contributed by atoms with E-state index in [4.69, 9.17) is 0 Å². The van der Waals surface area contributed by atoms with Crippen LogP contribution in [0.5, 0.6) is 0 Å². The molecule has 1 aliphatic heterocycles. The number of nitrogens with zero attached hydrogens (tertiary/aromatic N) is 1. The molecule has 1 fully saturated rings. The molecule has 1 saturated heterocycles. The van der Waals surface area contributed by atoms with Gasteiger partial charge in [0.25, 0.3) is 0 Å². The Morgan fingerprint density at radius 2 is 2.31 bits per heavy atom. The van der Waals surface area contributed by atoms with Gasteiger partial charge in [-0.15, -0.1) is 0 Å². The van der Waals surface area contributed by atoms with Crippen LogP contribution < -0.4 is 5.32 Å². The summed E-state index contributed by atoms with van der Waals surface area (Å²) >= 11 is 0. The van der Waals surface area contributed by atoms with Crippen molar-refractivity contribution in [2.45, 2.75) is 45.7 Å². The van der Waals surface area contributed by atoms with Gasteiger partial charge in [0.05, 0.1) is 6.04 Å². The second kappa shape index (κ2) is 4.61. The molecule has 1 unspecified atom stereocenters. The maximum atomic E-state index is 11.8. The Balaban J connectivity index is 2.55. The number of carbonyl (C=O) groups is 1. The summed E-state index contributed by atoms with van der Waals surface area (Å²) in [6, 6.07) is 0.412. The summed E-state index contributed by atoms with van der Waals surface area (Å²) in [4.78, 5) is 13.8. The number of amides is 1. The normalized spacial score (nSPS) is 24.2. The highest BCUT2D eigenvalue weighted by Crippen LogP contribution is 2.14. The molecule has 1 heterocycles. The van der Waals surface area contributed by atoms with Gasteiger partial charge in [-0.1, -0.05) is 6.92 Å². The lowest BCUT2D eigenvalue weighted by Crippen LogP contribution is -2.52. The van der Waals surface area contributed by atoms with E-state index in [1.54, 1.807) is 0 Å². The van der Waals surface area contributed by atoms with Crippen molar-refractivity contribution >= 4 is 5.91 Å². The maximum absolute atomic E-state index is 11.8. The molecule has 0 aliphatic carbocycles. The second-order valence-electron chi connectivity index (χ2n) is 3.88. The number of likely N-dealkylation sites (tertiary alicyclic amines) is 1. The number of rotatable bonds is 3. The van der Waals surface area contributed by atoms with Crippen LogP contribution in [0.3, 0.4) is 0 Å². The van der Waals surface area contributed by atoms with Crippen LogP contribution in [-0.4, -0.2) is 36.0 Å². The molecule has 0 aromatic rings. The molecule has 1 N–H and O–H groups in total. The van der Waals surface area contributed by atoms with Crippen LogP contribution in [0, 0.1) is 0 Å². The number of carbonyl (C=O) groups excluding carboxylic acids is 1. The van der Waals surface area contributed by atoms with Gasteiger partial charge in [0.1, 0.15) is 0 Å². The minimum Gasteiger partial charge on any atom is -0.339 e. The Hall–Kier alpha value is -0.570. The Labute approximate surface area is 80.5 Å². The zero-order chi connectivity index (χ0) is 9.84. The molecular weight excluding hydrogens is 164 g/mol. The lowest BCUT2D eigenvalue weighted by molar-refractivity contribution is -0.137. The highest BCUT2D eigenvalue weighted by atomic mass is 16.2. The number of nitrogens with one attached hydrogen (secondary N) is 1. The zero-order valence-electron chi connectivity index (χ0n) is 8.84. The molecule has 0 aromatic heterocycles. The fourth-order valence-electron chi connectivity index (χ4n) is 1.85. The first-order chi connectivity index (χ1) is 6.16. The third kappa shape index (κ3) is 2.44. The van der Waals surface area contributed by atoms with Gasteiger partial charge in [0, 0.05) is 12.6 Å². The molecule has 13 heavy (non-hydrogen) atoms. The first kappa shape index (κ1) is 10.5. The summed E-state index contributed by atoms with van der Waals surface area (Å²) in [5.74, 6) is 0.281. The average molecular weight is 184 g/mol. The summed E-state index contributed by atoms with van der Waals surface area (Å²) in [5, 5.41) is 3.23. The molecule has 3 heteroatoms. The molecule has 1 amide bonds. The van der Waals surface area contributed by atoms with Gasteiger partial charge in [0.2, 0.25) is 5.91 Å². The topological polar surface area (TPSA) is 32.3 Å². The molecule has 0 bridgehead atoms. The summed E-state index contributed by atoms with van der Waals surface area (Å²) in [5.41, 5.74) is 0. The third-order valence-electron chi connectivity index (χ3n) is 2.55. The molecule has 1 rings (SSSR count). The number of likely N-dealkylation sites (N-methyl/N-ethyl adjacent to an activating group) is 1. The molecule has 0 radical (unpaired) electrons. The Kier molecular flexibility index (Phi) is 3.72. The van der Waals surface area contributed by atoms with Gasteiger partial charge in [-0.05, 0) is 33.2 Å². The van der Waals surface area contributed by atoms with Crippen molar-refractivity contribution in [3.05, 3.63) is 0 Å². The molecule has 0 spiro atoms. The molecule has 3 nitrogen and oxygen atoms in total. The zero-order valence-corrected chi connectivity index (χ0v) is 8.84. The molecule has 0 aromatic carbocycles. The Morgan fingerprint density at radius 3 is 2.85 bits per heavy atom. The van der Waals surface area contributed by atoms with E-state index in [1.807, 2.05) is 11.8 Å². The van der Waals surface area contributed by atoms with Crippen molar-refractivity contribution in [3.63, 3.8) is 0 Å². The largest absolute Gasteiger partial charge is 0.339 e. The van der Waals surface area contributed by atoms with E-state index < -0.39 is 0 Å². The van der Waals surface area contributed by atoms with Gasteiger partial charge < -0.3 is 10.2 Å². The summed E-state index contributed by atoms with van der Waals surface area (Å²) in [6.45, 7) is 8.00. The van der Waals surface area contributed by atoms with Crippen LogP contribution in [-0.2, 0) is 4.79 Å². The van der Waals surface area contributed by atoms with E-state index in [2.05, 4.69) is 19.2 Å². The Bertz CT molecular complexity index is 178. The lowest BCUT2D eigenvalue weighted by Gasteiger charge is -2.35. The van der Waals surface area contributed by atoms with Crippen molar-refractivity contribution in [2.75, 3.05) is 13.1 Å². The van der Waals surface area contributed by atoms with Crippen molar-refractivity contribution in [2.24, 2.45) is 0 Å². The highest BCUT2D eigenvalue weighted by molar-refractivity contribution is 5.82. The summed E-state index contributed by atoms with van der Waals surface area (Å²) in [7, 11) is 0. The second-order valence-corrected chi connectivity index (χ2v) is 3.88. The van der Waals surface area contributed by atoms with E-state index in [9.17, 15) is 4.79 Å². The van der Waals surface area contributed by atoms with E-state index in [0.29, 0.717) is 6.04 Å². The predicted octanol–water partition coefficient (Wildman–Crippen LogP) is 0.995. The van der Waals surface area contributed by atoms with Crippen molar-refractivity contribution < 1.29 is 4.79 Å². The predicted molar refractivity (Wildman–Crippen MR) is 53.5 cm³/mol. The fourth-order valence-corrected chi connectivity index (χ4v) is 1.85. The molecule has 1 aliphatic rings. The van der Waals surface area contributed by atoms with E-state index in [-0.39, 0.29) is 11.9 Å². The molecule has 76 valence electrons. The minimum atomic E-state index is 0.0705. The summed E-state index contributed by atoms with van der Waals surface area (Å²) in [6.07, 6.45) is 2.12. The van der Waals surface area contributed by atoms with Crippen molar-refractivity contribution in [1.82, 2.24) is 10.2 Å². The standard InChI is InChI=1S/C10H20N2O/c1-4-11-9-6-5-7-12(8(2)3)10(9)13/h8-9,11H,4-7H2,1-3H3. The van der Waals surface area contributed by atoms with E-state index in [0.717, 1.165) is 25.9 Å². The minimum absolute atomic E-state index is 0.0705. The molecule has 1 atom stereocenters. The van der Waals surface area contributed by atoms with Crippen LogP contribution in [0.4, 0.5) is 0 Å². The third-order valence-corrected chi connectivity index (χ3v) is 2.55. The first-order valence-electron chi connectivity index (χ1n) is 5.20. The van der Waals surface area contributed by atoms with E-state index in [1.165, 1.54) is 0 Å². The van der Waals surface area contributed by atoms with Crippen molar-refractivity contribution in [1.29, 1.82) is 0 Å². The van der Waals surface area contributed by atoms with Crippen LogP contribution in [0.2, 0.25) is 0 Å². The van der Waals surface area contributed by atoms with Gasteiger partial charge in [-0.25, -0.2) is 0 Å². The summed E-state index contributed by atoms with van der Waals surface area (Å²) < 4.78 is 0. The van der Waals surface area contributed by atoms with Gasteiger partial charge >= 0.3 is 0 Å². The van der Waals surface area contributed by atoms with Crippen LogP contribution >= 0.6 is 0 Å². The van der Waals surface area contributed by atoms with Crippen molar-refractivity contribution in [3.8, 4) is 0 Å². The molecular formula is C10H20N2O. The monoisotopic (exact) mass is 184 g/mol. The fraction of sp³-hybridized carbons (Fsp3) is 0.900. The molecule has 0 saturated carbocycles. The number of hydrogen-bond acceptors (Lipinski definition) is 2. The highest BCUT2D eigenvalue weighted by Gasteiger charge is 2.28. The number of hydrogen-bond donors (Lipinski definition) is 1. The SMILES string of the molecule is CCNC1CCCN(C(C)C)C1=O. The first-order valence-corrected chi connectivity index (χ1v) is 5.20. The van der Waals surface area contributed by atoms with Crippen LogP contribution in [0.15, 0.2) is 0 Å².